The van der Waals surface area contributed by atoms with Crippen molar-refractivity contribution >= 4 is 9.76 Å². The first-order valence-corrected chi connectivity index (χ1v) is 7.98. The minimum Gasteiger partial charge on any atom is -0.419 e. The van der Waals surface area contributed by atoms with Gasteiger partial charge in [0.1, 0.15) is 0 Å². The highest BCUT2D eigenvalue weighted by atomic mass is 28.2. The van der Waals surface area contributed by atoms with Crippen LogP contribution in [0, 0.1) is 5.92 Å². The van der Waals surface area contributed by atoms with Crippen LogP contribution in [0.1, 0.15) is 46.5 Å². The van der Waals surface area contributed by atoms with Crippen LogP contribution in [0.5, 0.6) is 0 Å². The second-order valence-corrected chi connectivity index (χ2v) is 7.40. The summed E-state index contributed by atoms with van der Waals surface area (Å²) in [7, 11) is -0.263. The zero-order valence-electron chi connectivity index (χ0n) is 10.3. The first-order chi connectivity index (χ1) is 7.11. The third kappa shape index (κ3) is 3.30. The smallest absolute Gasteiger partial charge is 0.162 e. The van der Waals surface area contributed by atoms with Gasteiger partial charge in [-0.05, 0) is 51.5 Å². The Balaban J connectivity index is 1.74. The molecule has 1 saturated carbocycles. The van der Waals surface area contributed by atoms with Crippen molar-refractivity contribution in [1.82, 2.24) is 0 Å². The largest absolute Gasteiger partial charge is 0.419 e. The number of hydrogen-bond acceptors (Lipinski definition) is 2. The number of epoxide rings is 1. The Morgan fingerprint density at radius 2 is 2.13 bits per heavy atom. The Labute approximate surface area is 95.7 Å². The molecule has 2 fully saturated rings. The van der Waals surface area contributed by atoms with Crippen LogP contribution >= 0.6 is 0 Å². The molecular formula is C12H24O2Si. The maximum Gasteiger partial charge on any atom is 0.162 e. The molecular weight excluding hydrogens is 204 g/mol. The maximum atomic E-state index is 6.03. The van der Waals surface area contributed by atoms with Crippen LogP contribution in [-0.2, 0) is 9.16 Å². The van der Waals surface area contributed by atoms with Gasteiger partial charge in [-0.25, -0.2) is 0 Å². The summed E-state index contributed by atoms with van der Waals surface area (Å²) in [4.78, 5) is 0. The zero-order valence-corrected chi connectivity index (χ0v) is 11.7. The van der Waals surface area contributed by atoms with Gasteiger partial charge in [-0.3, -0.25) is 0 Å². The summed E-state index contributed by atoms with van der Waals surface area (Å²) in [6.07, 6.45) is 6.40. The fourth-order valence-corrected chi connectivity index (χ4v) is 3.68. The minimum atomic E-state index is -0.263. The number of hydrogen-bond donors (Lipinski definition) is 0. The van der Waals surface area contributed by atoms with Crippen LogP contribution in [0.25, 0.3) is 0 Å². The third-order valence-corrected chi connectivity index (χ3v) is 4.98. The average Bonchev–Trinajstić information content (AvgIpc) is 2.92. The van der Waals surface area contributed by atoms with E-state index in [1.807, 2.05) is 0 Å². The number of fused-ring (bicyclic) bond motifs is 1. The monoisotopic (exact) mass is 228 g/mol. The van der Waals surface area contributed by atoms with Gasteiger partial charge in [-0.15, -0.1) is 0 Å². The van der Waals surface area contributed by atoms with E-state index < -0.39 is 0 Å². The Hall–Kier alpha value is 0.137. The summed E-state index contributed by atoms with van der Waals surface area (Å²) in [5, 5.41) is 0. The van der Waals surface area contributed by atoms with Crippen molar-refractivity contribution in [2.45, 2.75) is 70.3 Å². The molecule has 0 aromatic heterocycles. The first-order valence-electron chi connectivity index (χ1n) is 6.40. The van der Waals surface area contributed by atoms with Crippen molar-refractivity contribution in [3.8, 4) is 0 Å². The van der Waals surface area contributed by atoms with E-state index in [0.29, 0.717) is 12.2 Å². The van der Waals surface area contributed by atoms with Gasteiger partial charge in [0.25, 0.3) is 0 Å². The summed E-state index contributed by atoms with van der Waals surface area (Å²) in [5.41, 5.74) is 0.120. The molecule has 2 nitrogen and oxygen atoms in total. The highest BCUT2D eigenvalue weighted by molar-refractivity contribution is 6.27. The molecule has 3 heteroatoms. The van der Waals surface area contributed by atoms with Gasteiger partial charge in [-0.1, -0.05) is 6.92 Å². The molecule has 3 unspecified atom stereocenters. The van der Waals surface area contributed by atoms with Crippen molar-refractivity contribution in [3.05, 3.63) is 0 Å². The van der Waals surface area contributed by atoms with Crippen LogP contribution in [0.4, 0.5) is 0 Å². The lowest BCUT2D eigenvalue weighted by molar-refractivity contribution is 0.0773. The van der Waals surface area contributed by atoms with Gasteiger partial charge in [0.05, 0.1) is 17.8 Å². The molecule has 3 atom stereocenters. The van der Waals surface area contributed by atoms with Crippen LogP contribution in [0.15, 0.2) is 0 Å². The van der Waals surface area contributed by atoms with E-state index in [0.717, 1.165) is 5.92 Å². The Bertz CT molecular complexity index is 218. The molecule has 0 bridgehead atoms. The topological polar surface area (TPSA) is 21.8 Å². The zero-order chi connectivity index (χ0) is 10.9. The van der Waals surface area contributed by atoms with Crippen molar-refractivity contribution in [2.75, 3.05) is 0 Å². The first kappa shape index (κ1) is 11.6. The summed E-state index contributed by atoms with van der Waals surface area (Å²) < 4.78 is 11.6. The number of ether oxygens (including phenoxy) is 1. The van der Waals surface area contributed by atoms with Crippen LogP contribution in [-0.4, -0.2) is 27.6 Å². The summed E-state index contributed by atoms with van der Waals surface area (Å²) in [6, 6.07) is 1.25. The summed E-state index contributed by atoms with van der Waals surface area (Å²) in [5.74, 6) is 0.842. The molecule has 0 amide bonds. The van der Waals surface area contributed by atoms with E-state index in [2.05, 4.69) is 20.8 Å². The molecule has 0 radical (unpaired) electrons. The molecule has 0 N–H and O–H groups in total. The van der Waals surface area contributed by atoms with Gasteiger partial charge in [0, 0.05) is 0 Å². The quantitative estimate of drug-likeness (QED) is 0.532. The standard InChI is InChI=1S/C12H24O2Si/c1-4-15-14-12(2,3)8-9-5-6-10-11(7-9)13-10/h9-11H,4-8,15H2,1-3H3. The van der Waals surface area contributed by atoms with E-state index in [-0.39, 0.29) is 15.4 Å². The predicted octanol–water partition coefficient (Wildman–Crippen LogP) is 2.26. The minimum absolute atomic E-state index is 0.120. The van der Waals surface area contributed by atoms with Crippen molar-refractivity contribution in [1.29, 1.82) is 0 Å². The molecule has 1 aliphatic heterocycles. The van der Waals surface area contributed by atoms with E-state index in [1.165, 1.54) is 31.7 Å². The van der Waals surface area contributed by atoms with Gasteiger partial charge < -0.3 is 9.16 Å². The molecule has 88 valence electrons. The Morgan fingerprint density at radius 3 is 2.80 bits per heavy atom. The fourth-order valence-electron chi connectivity index (χ4n) is 2.80. The van der Waals surface area contributed by atoms with Crippen molar-refractivity contribution in [2.24, 2.45) is 5.92 Å². The molecule has 1 heterocycles. The van der Waals surface area contributed by atoms with Crippen LogP contribution < -0.4 is 0 Å². The van der Waals surface area contributed by atoms with Gasteiger partial charge in [0.15, 0.2) is 9.76 Å². The lowest BCUT2D eigenvalue weighted by Crippen LogP contribution is -2.31. The molecule has 15 heavy (non-hydrogen) atoms. The fraction of sp³-hybridized carbons (Fsp3) is 1.00. The highest BCUT2D eigenvalue weighted by Gasteiger charge is 2.44. The van der Waals surface area contributed by atoms with Crippen molar-refractivity contribution in [3.63, 3.8) is 0 Å². The second-order valence-electron chi connectivity index (χ2n) is 5.70. The highest BCUT2D eigenvalue weighted by Crippen LogP contribution is 2.42. The van der Waals surface area contributed by atoms with Crippen LogP contribution in [0.3, 0.4) is 0 Å². The number of rotatable bonds is 5. The molecule has 1 aliphatic carbocycles. The molecule has 0 spiro atoms. The maximum absolute atomic E-state index is 6.03. The molecule has 0 aromatic carbocycles. The van der Waals surface area contributed by atoms with Crippen molar-refractivity contribution < 1.29 is 9.16 Å². The second kappa shape index (κ2) is 4.56. The summed E-state index contributed by atoms with van der Waals surface area (Å²) in [6.45, 7) is 6.75. The summed E-state index contributed by atoms with van der Waals surface area (Å²) >= 11 is 0. The Morgan fingerprint density at radius 1 is 1.33 bits per heavy atom. The van der Waals surface area contributed by atoms with Crippen LogP contribution in [0.2, 0.25) is 6.04 Å². The van der Waals surface area contributed by atoms with E-state index >= 15 is 0 Å². The Kier molecular flexibility index (Phi) is 3.53. The molecule has 2 rings (SSSR count). The van der Waals surface area contributed by atoms with Gasteiger partial charge >= 0.3 is 0 Å². The van der Waals surface area contributed by atoms with Gasteiger partial charge in [0.2, 0.25) is 0 Å². The third-order valence-electron chi connectivity index (χ3n) is 3.59. The normalized spacial score (nSPS) is 35.8. The van der Waals surface area contributed by atoms with E-state index in [4.69, 9.17) is 9.16 Å². The predicted molar refractivity (Wildman–Crippen MR) is 64.8 cm³/mol. The average molecular weight is 228 g/mol. The molecule has 0 aromatic rings. The molecule has 2 aliphatic rings. The van der Waals surface area contributed by atoms with E-state index in [9.17, 15) is 0 Å². The van der Waals surface area contributed by atoms with E-state index in [1.54, 1.807) is 0 Å². The SMILES string of the molecule is CC[SiH2]OC(C)(C)CC1CCC2OC2C1. The lowest BCUT2D eigenvalue weighted by Gasteiger charge is -2.31. The molecule has 1 saturated heterocycles. The van der Waals surface area contributed by atoms with Gasteiger partial charge in [-0.2, -0.15) is 0 Å². The lowest BCUT2D eigenvalue weighted by atomic mass is 9.82.